The first kappa shape index (κ1) is 32.5. The predicted molar refractivity (Wildman–Crippen MR) is 162 cm³/mol. The molecule has 0 aliphatic carbocycles. The van der Waals surface area contributed by atoms with Gasteiger partial charge in [-0.3, -0.25) is 19.6 Å². The highest BCUT2D eigenvalue weighted by Gasteiger charge is 2.19. The fourth-order valence-electron chi connectivity index (χ4n) is 3.69. The van der Waals surface area contributed by atoms with Crippen LogP contribution in [0.5, 0.6) is 0 Å². The third-order valence-corrected chi connectivity index (χ3v) is 5.74. The number of rotatable bonds is 4. The maximum Gasteiger partial charge on any atom is 0.312 e. The first-order chi connectivity index (χ1) is 21.0. The molecule has 4 aromatic rings. The van der Waals surface area contributed by atoms with E-state index >= 15 is 0 Å². The molecular weight excluding hydrogens is 568 g/mol. The van der Waals surface area contributed by atoms with Crippen molar-refractivity contribution in [2.24, 2.45) is 20.5 Å². The van der Waals surface area contributed by atoms with Gasteiger partial charge in [-0.1, -0.05) is 22.4 Å². The molecule has 0 aromatic carbocycles. The van der Waals surface area contributed by atoms with Crippen molar-refractivity contribution in [3.8, 4) is 0 Å². The minimum Gasteiger partial charge on any atom is -0.409 e. The van der Waals surface area contributed by atoms with Crippen molar-refractivity contribution in [1.29, 1.82) is 0 Å². The number of aryl methyl sites for hydroxylation is 4. The van der Waals surface area contributed by atoms with Crippen LogP contribution in [0.3, 0.4) is 0 Å². The molecule has 0 radical (unpaired) electrons. The molecule has 0 atom stereocenters. The van der Waals surface area contributed by atoms with E-state index in [2.05, 4.69) is 51.5 Å². The molecule has 0 bridgehead atoms. The molecule has 44 heavy (non-hydrogen) atoms. The summed E-state index contributed by atoms with van der Waals surface area (Å²) in [5.41, 5.74) is 9.73. The van der Waals surface area contributed by atoms with E-state index < -0.39 is 11.8 Å². The molecule has 2 amide bonds. The number of aromatic nitrogens is 6. The summed E-state index contributed by atoms with van der Waals surface area (Å²) in [6, 6.07) is 14.3. The second kappa shape index (κ2) is 15.2. The number of carbonyl (C=O) groups excluding carboxylic acids is 2. The summed E-state index contributed by atoms with van der Waals surface area (Å²) in [4.78, 5) is 32.4. The summed E-state index contributed by atoms with van der Waals surface area (Å²) < 4.78 is 2.49. The zero-order valence-corrected chi connectivity index (χ0v) is 25.0. The number of oxime groups is 2. The summed E-state index contributed by atoms with van der Waals surface area (Å²) in [6.45, 7) is 10.5. The molecule has 0 aliphatic rings. The second-order valence-corrected chi connectivity index (χ2v) is 9.23. The van der Waals surface area contributed by atoms with E-state index in [4.69, 9.17) is 10.4 Å². The monoisotopic (exact) mass is 600 g/mol. The highest BCUT2D eigenvalue weighted by Crippen LogP contribution is 2.04. The lowest BCUT2D eigenvalue weighted by molar-refractivity contribution is -0.116. The summed E-state index contributed by atoms with van der Waals surface area (Å²) >= 11 is 0. The summed E-state index contributed by atoms with van der Waals surface area (Å²) in [6.07, 6.45) is 3.26. The van der Waals surface area contributed by atoms with Gasteiger partial charge in [0.05, 0.1) is 34.2 Å². The smallest absolute Gasteiger partial charge is 0.312 e. The minimum atomic E-state index is -0.677. The lowest BCUT2D eigenvalue weighted by Gasteiger charge is -2.05. The second-order valence-electron chi connectivity index (χ2n) is 9.23. The van der Waals surface area contributed by atoms with E-state index in [1.165, 1.54) is 9.36 Å². The average molecular weight is 601 g/mol. The molecule has 0 fully saturated rings. The number of hydrogen-bond donors (Lipinski definition) is 4. The van der Waals surface area contributed by atoms with Crippen LogP contribution in [0.2, 0.25) is 0 Å². The van der Waals surface area contributed by atoms with Crippen molar-refractivity contribution in [1.82, 2.24) is 40.4 Å². The molecule has 4 N–H and O–H groups in total. The van der Waals surface area contributed by atoms with Crippen molar-refractivity contribution in [3.05, 3.63) is 95.1 Å². The lowest BCUT2D eigenvalue weighted by Crippen LogP contribution is -2.34. The predicted octanol–water partition coefficient (Wildman–Crippen LogP) is 2.14. The first-order valence-corrected chi connectivity index (χ1v) is 13.1. The molecule has 228 valence electrons. The molecule has 0 unspecified atom stereocenters. The largest absolute Gasteiger partial charge is 0.409 e. The quantitative estimate of drug-likeness (QED) is 0.118. The zero-order chi connectivity index (χ0) is 32.2. The molecule has 0 saturated carbocycles. The molecule has 16 nitrogen and oxygen atoms in total. The van der Waals surface area contributed by atoms with E-state index in [1.807, 2.05) is 12.1 Å². The highest BCUT2D eigenvalue weighted by atomic mass is 16.4. The SMILES string of the molecule is C/C(=N\NC(=O)/C(=N/O)n1nc(C)cc1C)c1ccccn1.C/C(=N\NC(=O)/C(=N/O)n1nc(C)cc1C)c1ccccn1. The zero-order valence-electron chi connectivity index (χ0n) is 25.0. The van der Waals surface area contributed by atoms with Crippen LogP contribution < -0.4 is 10.9 Å². The van der Waals surface area contributed by atoms with E-state index in [9.17, 15) is 9.59 Å². The molecule has 0 aliphatic heterocycles. The standard InChI is InChI=1S/2C14H16N6O2/c2*1-9-8-10(2)20(18-9)13(19-22)14(21)17-16-11(3)12-6-4-5-7-15-12/h2*4-8,22H,1-3H3,(H,17,21)/b2*16-11+,19-13-. The Kier molecular flexibility index (Phi) is 11.2. The van der Waals surface area contributed by atoms with Gasteiger partial charge in [0.25, 0.3) is 11.7 Å². The minimum absolute atomic E-state index is 0.261. The molecule has 4 heterocycles. The van der Waals surface area contributed by atoms with Gasteiger partial charge < -0.3 is 10.4 Å². The van der Waals surface area contributed by atoms with Gasteiger partial charge in [-0.25, -0.2) is 20.2 Å². The van der Waals surface area contributed by atoms with Crippen LogP contribution in [-0.2, 0) is 9.59 Å². The van der Waals surface area contributed by atoms with E-state index in [1.54, 1.807) is 90.3 Å². The molecular formula is C28H32N12O4. The summed E-state index contributed by atoms with van der Waals surface area (Å²) in [7, 11) is 0. The fraction of sp³-hybridized carbons (Fsp3) is 0.214. The van der Waals surface area contributed by atoms with Crippen LogP contribution in [0.1, 0.15) is 48.0 Å². The highest BCUT2D eigenvalue weighted by molar-refractivity contribution is 6.38. The molecule has 0 saturated heterocycles. The lowest BCUT2D eigenvalue weighted by atomic mass is 10.3. The molecule has 4 rings (SSSR count). The van der Waals surface area contributed by atoms with Gasteiger partial charge >= 0.3 is 11.8 Å². The van der Waals surface area contributed by atoms with Crippen LogP contribution in [0.15, 0.2) is 81.4 Å². The number of hydrogen-bond acceptors (Lipinski definition) is 12. The number of hydrazone groups is 2. The normalized spacial score (nSPS) is 12.3. The Balaban J connectivity index is 0.000000240. The average Bonchev–Trinajstić information content (AvgIpc) is 3.54. The Hall–Kier alpha value is -6.06. The number of amides is 2. The Morgan fingerprint density at radius 2 is 1.07 bits per heavy atom. The van der Waals surface area contributed by atoms with E-state index in [-0.39, 0.29) is 11.7 Å². The van der Waals surface area contributed by atoms with E-state index in [0.29, 0.717) is 45.6 Å². The topological polar surface area (TPSA) is 210 Å². The Morgan fingerprint density at radius 1 is 0.682 bits per heavy atom. The van der Waals surface area contributed by atoms with Crippen LogP contribution in [0.4, 0.5) is 0 Å². The Bertz CT molecular complexity index is 1590. The van der Waals surface area contributed by atoms with Gasteiger partial charge in [0, 0.05) is 23.8 Å². The molecule has 4 aromatic heterocycles. The van der Waals surface area contributed by atoms with Gasteiger partial charge in [-0.05, 0) is 77.9 Å². The number of nitrogens with one attached hydrogen (secondary N) is 2. The Morgan fingerprint density at radius 3 is 1.34 bits per heavy atom. The Labute approximate surface area is 252 Å². The van der Waals surface area contributed by atoms with Gasteiger partial charge in [-0.15, -0.1) is 0 Å². The van der Waals surface area contributed by atoms with E-state index in [0.717, 1.165) is 0 Å². The number of carbonyl (C=O) groups is 2. The maximum atomic E-state index is 12.1. The van der Waals surface area contributed by atoms with Crippen LogP contribution in [0.25, 0.3) is 0 Å². The third-order valence-electron chi connectivity index (χ3n) is 5.74. The number of pyridine rings is 2. The van der Waals surface area contributed by atoms with Crippen molar-refractivity contribution in [3.63, 3.8) is 0 Å². The summed E-state index contributed by atoms with van der Waals surface area (Å²) in [5.74, 6) is -1.88. The van der Waals surface area contributed by atoms with Crippen molar-refractivity contribution in [2.45, 2.75) is 41.5 Å². The van der Waals surface area contributed by atoms with Crippen molar-refractivity contribution >= 4 is 34.9 Å². The van der Waals surface area contributed by atoms with Crippen molar-refractivity contribution in [2.75, 3.05) is 0 Å². The van der Waals surface area contributed by atoms with Crippen molar-refractivity contribution < 1.29 is 20.0 Å². The van der Waals surface area contributed by atoms with Gasteiger partial charge in [0.2, 0.25) is 0 Å². The van der Waals surface area contributed by atoms with Gasteiger partial charge in [-0.2, -0.15) is 20.4 Å². The van der Waals surface area contributed by atoms with Gasteiger partial charge in [0.15, 0.2) is 0 Å². The number of nitrogens with zero attached hydrogens (tertiary/aromatic N) is 10. The fourth-order valence-corrected chi connectivity index (χ4v) is 3.69. The summed E-state index contributed by atoms with van der Waals surface area (Å²) in [5, 5.41) is 40.2. The molecule has 16 heteroatoms. The maximum absolute atomic E-state index is 12.1. The van der Waals surface area contributed by atoms with Gasteiger partial charge in [0.1, 0.15) is 0 Å². The third kappa shape index (κ3) is 8.48. The van der Waals surface area contributed by atoms with Crippen LogP contribution in [0, 0.1) is 27.7 Å². The first-order valence-electron chi connectivity index (χ1n) is 13.1. The van der Waals surface area contributed by atoms with Crippen LogP contribution in [-0.4, -0.2) is 74.9 Å². The molecule has 0 spiro atoms. The van der Waals surface area contributed by atoms with Crippen LogP contribution >= 0.6 is 0 Å².